The highest BCUT2D eigenvalue weighted by Gasteiger charge is 2.11. The van der Waals surface area contributed by atoms with Crippen molar-refractivity contribution in [3.63, 3.8) is 0 Å². The number of aliphatic hydroxyl groups excluding tert-OH is 1. The molecule has 2 aromatic carbocycles. The summed E-state index contributed by atoms with van der Waals surface area (Å²) in [7, 11) is 1.58. The standard InChI is InChI=1S/C20H17NO2S/c1-13-7-14(8-16(11-22)20(13)23-2)15(10-21)9-17-12-24-19-6-4-3-5-18(17)19/h3-9,12,22H,11H2,1-2H3/b15-9+. The third-order valence-corrected chi connectivity index (χ3v) is 4.95. The number of aryl methyl sites for hydroxylation is 1. The molecule has 0 atom stereocenters. The van der Waals surface area contributed by atoms with Crippen LogP contribution in [0.5, 0.6) is 5.75 Å². The lowest BCUT2D eigenvalue weighted by molar-refractivity contribution is 0.273. The Balaban J connectivity index is 2.13. The molecule has 0 fully saturated rings. The summed E-state index contributed by atoms with van der Waals surface area (Å²) in [6, 6.07) is 14.2. The quantitative estimate of drug-likeness (QED) is 0.698. The molecule has 0 unspecified atom stereocenters. The SMILES string of the molecule is COc1c(C)cc(/C(C#N)=C/c2csc3ccccc23)cc1CO. The largest absolute Gasteiger partial charge is 0.496 e. The van der Waals surface area contributed by atoms with E-state index in [2.05, 4.69) is 23.6 Å². The Morgan fingerprint density at radius 2 is 2.12 bits per heavy atom. The van der Waals surface area contributed by atoms with Crippen molar-refractivity contribution in [2.75, 3.05) is 7.11 Å². The van der Waals surface area contributed by atoms with Crippen molar-refractivity contribution in [1.82, 2.24) is 0 Å². The Labute approximate surface area is 145 Å². The maximum absolute atomic E-state index is 9.62. The van der Waals surface area contributed by atoms with Gasteiger partial charge in [-0.25, -0.2) is 0 Å². The molecule has 24 heavy (non-hydrogen) atoms. The second-order valence-electron chi connectivity index (χ2n) is 5.50. The van der Waals surface area contributed by atoms with E-state index in [9.17, 15) is 10.4 Å². The van der Waals surface area contributed by atoms with Crippen molar-refractivity contribution in [2.45, 2.75) is 13.5 Å². The van der Waals surface area contributed by atoms with Gasteiger partial charge in [0.05, 0.1) is 25.4 Å². The van der Waals surface area contributed by atoms with Crippen LogP contribution in [0.3, 0.4) is 0 Å². The van der Waals surface area contributed by atoms with E-state index in [1.165, 1.54) is 4.70 Å². The molecule has 1 heterocycles. The molecular formula is C20H17NO2S. The van der Waals surface area contributed by atoms with Crippen LogP contribution in [0.1, 0.15) is 22.3 Å². The molecule has 0 amide bonds. The molecule has 120 valence electrons. The number of thiophene rings is 1. The van der Waals surface area contributed by atoms with Gasteiger partial charge in [0.25, 0.3) is 0 Å². The lowest BCUT2D eigenvalue weighted by Gasteiger charge is -2.12. The molecule has 0 saturated heterocycles. The van der Waals surface area contributed by atoms with Crippen LogP contribution in [-0.2, 0) is 6.61 Å². The lowest BCUT2D eigenvalue weighted by atomic mass is 9.98. The first-order valence-corrected chi connectivity index (χ1v) is 8.42. The molecule has 0 aliphatic heterocycles. The minimum absolute atomic E-state index is 0.127. The van der Waals surface area contributed by atoms with Crippen molar-refractivity contribution in [3.8, 4) is 11.8 Å². The first-order valence-electron chi connectivity index (χ1n) is 7.54. The summed E-state index contributed by atoms with van der Waals surface area (Å²) in [6.45, 7) is 1.79. The van der Waals surface area contributed by atoms with E-state index >= 15 is 0 Å². The fraction of sp³-hybridized carbons (Fsp3) is 0.150. The van der Waals surface area contributed by atoms with Gasteiger partial charge < -0.3 is 9.84 Å². The van der Waals surface area contributed by atoms with Gasteiger partial charge in [0.1, 0.15) is 5.75 Å². The Hall–Kier alpha value is -2.61. The number of fused-ring (bicyclic) bond motifs is 1. The first kappa shape index (κ1) is 16.3. The summed E-state index contributed by atoms with van der Waals surface area (Å²) in [5.74, 6) is 0.666. The summed E-state index contributed by atoms with van der Waals surface area (Å²) in [5.41, 5.74) is 3.97. The highest BCUT2D eigenvalue weighted by atomic mass is 32.1. The normalized spacial score (nSPS) is 11.5. The third kappa shape index (κ3) is 2.92. The third-order valence-electron chi connectivity index (χ3n) is 3.97. The zero-order valence-electron chi connectivity index (χ0n) is 13.5. The van der Waals surface area contributed by atoms with Gasteiger partial charge in [-0.3, -0.25) is 0 Å². The molecule has 1 aromatic heterocycles. The van der Waals surface area contributed by atoms with Crippen molar-refractivity contribution in [2.24, 2.45) is 0 Å². The van der Waals surface area contributed by atoms with Crippen molar-refractivity contribution in [3.05, 3.63) is 64.0 Å². The van der Waals surface area contributed by atoms with E-state index in [-0.39, 0.29) is 6.61 Å². The Morgan fingerprint density at radius 1 is 1.33 bits per heavy atom. The number of nitrogens with zero attached hydrogens (tertiary/aromatic N) is 1. The zero-order chi connectivity index (χ0) is 17.1. The molecule has 3 nitrogen and oxygen atoms in total. The molecule has 3 aromatic rings. The van der Waals surface area contributed by atoms with Crippen molar-refractivity contribution in [1.29, 1.82) is 5.26 Å². The van der Waals surface area contributed by atoms with Crippen LogP contribution in [-0.4, -0.2) is 12.2 Å². The number of benzene rings is 2. The fourth-order valence-electron chi connectivity index (χ4n) is 2.86. The topological polar surface area (TPSA) is 53.2 Å². The van der Waals surface area contributed by atoms with Crippen LogP contribution in [0.15, 0.2) is 41.8 Å². The predicted molar refractivity (Wildman–Crippen MR) is 99.0 cm³/mol. The van der Waals surface area contributed by atoms with Gasteiger partial charge >= 0.3 is 0 Å². The van der Waals surface area contributed by atoms with E-state index in [4.69, 9.17) is 4.74 Å². The van der Waals surface area contributed by atoms with Gasteiger partial charge in [0.15, 0.2) is 0 Å². The first-order chi connectivity index (χ1) is 11.7. The van der Waals surface area contributed by atoms with E-state index < -0.39 is 0 Å². The minimum atomic E-state index is -0.127. The smallest absolute Gasteiger partial charge is 0.127 e. The molecule has 0 aliphatic rings. The van der Waals surface area contributed by atoms with Gasteiger partial charge in [0, 0.05) is 10.3 Å². The van der Waals surface area contributed by atoms with Crippen LogP contribution in [0.2, 0.25) is 0 Å². The molecule has 1 N–H and O–H groups in total. The monoisotopic (exact) mass is 335 g/mol. The molecule has 0 radical (unpaired) electrons. The second-order valence-corrected chi connectivity index (χ2v) is 6.41. The number of methoxy groups -OCH3 is 1. The van der Waals surface area contributed by atoms with Crippen LogP contribution >= 0.6 is 11.3 Å². The second kappa shape index (κ2) is 6.88. The Kier molecular flexibility index (Phi) is 4.66. The Bertz CT molecular complexity index is 963. The van der Waals surface area contributed by atoms with E-state index in [0.29, 0.717) is 16.9 Å². The maximum atomic E-state index is 9.62. The van der Waals surface area contributed by atoms with Crippen molar-refractivity contribution < 1.29 is 9.84 Å². The van der Waals surface area contributed by atoms with Gasteiger partial charge in [-0.05, 0) is 58.7 Å². The van der Waals surface area contributed by atoms with Crippen LogP contribution < -0.4 is 4.74 Å². The number of allylic oxidation sites excluding steroid dienone is 1. The maximum Gasteiger partial charge on any atom is 0.127 e. The van der Waals surface area contributed by atoms with E-state index in [0.717, 1.165) is 22.1 Å². The number of nitriles is 1. The van der Waals surface area contributed by atoms with E-state index in [1.807, 2.05) is 37.3 Å². The summed E-state index contributed by atoms with van der Waals surface area (Å²) in [4.78, 5) is 0. The number of hydrogen-bond donors (Lipinski definition) is 1. The molecule has 3 rings (SSSR count). The van der Waals surface area contributed by atoms with E-state index in [1.54, 1.807) is 18.4 Å². The van der Waals surface area contributed by atoms with Gasteiger partial charge in [-0.15, -0.1) is 11.3 Å². The van der Waals surface area contributed by atoms with Crippen LogP contribution in [0.4, 0.5) is 0 Å². The number of aliphatic hydroxyl groups is 1. The highest BCUT2D eigenvalue weighted by molar-refractivity contribution is 7.17. The van der Waals surface area contributed by atoms with Gasteiger partial charge in [-0.1, -0.05) is 18.2 Å². The fourth-order valence-corrected chi connectivity index (χ4v) is 3.78. The minimum Gasteiger partial charge on any atom is -0.496 e. The molecule has 0 aliphatic carbocycles. The molecule has 4 heteroatoms. The van der Waals surface area contributed by atoms with Gasteiger partial charge in [0.2, 0.25) is 0 Å². The number of hydrogen-bond acceptors (Lipinski definition) is 4. The summed E-state index contributed by atoms with van der Waals surface area (Å²) in [6.07, 6.45) is 1.90. The average molecular weight is 335 g/mol. The van der Waals surface area contributed by atoms with Gasteiger partial charge in [-0.2, -0.15) is 5.26 Å². The predicted octanol–water partition coefficient (Wildman–Crippen LogP) is 4.77. The molecular weight excluding hydrogens is 318 g/mol. The molecule has 0 saturated carbocycles. The highest BCUT2D eigenvalue weighted by Crippen LogP contribution is 2.32. The van der Waals surface area contributed by atoms with Crippen LogP contribution in [0, 0.1) is 18.3 Å². The average Bonchev–Trinajstić information content (AvgIpc) is 3.01. The summed E-state index contributed by atoms with van der Waals surface area (Å²) in [5, 5.41) is 22.4. The summed E-state index contributed by atoms with van der Waals surface area (Å²) < 4.78 is 6.54. The number of ether oxygens (including phenoxy) is 1. The Morgan fingerprint density at radius 3 is 2.83 bits per heavy atom. The zero-order valence-corrected chi connectivity index (χ0v) is 14.4. The molecule has 0 bridgehead atoms. The van der Waals surface area contributed by atoms with Crippen LogP contribution in [0.25, 0.3) is 21.7 Å². The lowest BCUT2D eigenvalue weighted by Crippen LogP contribution is -1.97. The molecule has 0 spiro atoms. The van der Waals surface area contributed by atoms with Crippen molar-refractivity contribution >= 4 is 33.1 Å². The number of rotatable bonds is 4. The summed E-state index contributed by atoms with van der Waals surface area (Å²) >= 11 is 1.66.